The first kappa shape index (κ1) is 21.3. The Morgan fingerprint density at radius 1 is 1.25 bits per heavy atom. The SMILES string of the molecule is Cc1noc(C)c1-c1nc(-c2c[nH]c3ncc(F)cc23)nc(N[C@@H](C)[C@H](C)C(=O)O)c1F. The fraction of sp³-hybridized carbons (Fsp3) is 0.286. The second kappa shape index (κ2) is 7.98. The number of rotatable bonds is 6. The molecule has 0 amide bonds. The number of carboxylic acid groups (broad SMARTS) is 1. The molecule has 4 aromatic rings. The molecule has 0 aliphatic rings. The van der Waals surface area contributed by atoms with Crippen molar-refractivity contribution in [1.29, 1.82) is 0 Å². The fourth-order valence-electron chi connectivity index (χ4n) is 3.37. The number of halogens is 2. The molecule has 4 heterocycles. The summed E-state index contributed by atoms with van der Waals surface area (Å²) < 4.78 is 34.5. The Hall–Kier alpha value is -3.89. The molecule has 2 atom stereocenters. The Morgan fingerprint density at radius 3 is 2.66 bits per heavy atom. The summed E-state index contributed by atoms with van der Waals surface area (Å²) in [6.07, 6.45) is 2.62. The highest BCUT2D eigenvalue weighted by molar-refractivity contribution is 5.92. The summed E-state index contributed by atoms with van der Waals surface area (Å²) in [5.41, 5.74) is 1.54. The van der Waals surface area contributed by atoms with Gasteiger partial charge in [0, 0.05) is 23.2 Å². The van der Waals surface area contributed by atoms with Crippen molar-refractivity contribution in [1.82, 2.24) is 25.1 Å². The number of H-pyrrole nitrogens is 1. The molecule has 3 N–H and O–H groups in total. The van der Waals surface area contributed by atoms with Gasteiger partial charge in [0.25, 0.3) is 0 Å². The average molecular weight is 442 g/mol. The number of anilines is 1. The van der Waals surface area contributed by atoms with Crippen LogP contribution >= 0.6 is 0 Å². The Kier molecular flexibility index (Phi) is 5.33. The van der Waals surface area contributed by atoms with Crippen LogP contribution in [0.25, 0.3) is 33.7 Å². The standard InChI is InChI=1S/C21H20F2N6O3/c1-8(21(30)31)9(2)26-20-16(23)17(15-10(3)29-32-11(15)4)27-19(28-20)14-7-25-18-13(14)5-12(22)6-24-18/h5-9H,1-4H3,(H,24,25)(H,30,31)(H,26,27,28)/t8-,9-/m0/s1. The summed E-state index contributed by atoms with van der Waals surface area (Å²) in [6, 6.07) is 0.628. The predicted molar refractivity (Wildman–Crippen MR) is 112 cm³/mol. The number of fused-ring (bicyclic) bond motifs is 1. The van der Waals surface area contributed by atoms with Crippen molar-refractivity contribution in [2.24, 2.45) is 5.92 Å². The van der Waals surface area contributed by atoms with Crippen molar-refractivity contribution >= 4 is 22.8 Å². The third kappa shape index (κ3) is 3.66. The number of nitrogens with one attached hydrogen (secondary N) is 2. The van der Waals surface area contributed by atoms with Crippen LogP contribution in [0.3, 0.4) is 0 Å². The highest BCUT2D eigenvalue weighted by Crippen LogP contribution is 2.34. The Labute approximate surface area is 180 Å². The Morgan fingerprint density at radius 2 is 2.00 bits per heavy atom. The molecular formula is C21H20F2N6O3. The minimum Gasteiger partial charge on any atom is -0.481 e. The van der Waals surface area contributed by atoms with Gasteiger partial charge in [-0.05, 0) is 33.8 Å². The number of aryl methyl sites for hydroxylation is 2. The smallest absolute Gasteiger partial charge is 0.308 e. The third-order valence-corrected chi connectivity index (χ3v) is 5.36. The van der Waals surface area contributed by atoms with E-state index in [9.17, 15) is 14.3 Å². The van der Waals surface area contributed by atoms with Crippen molar-refractivity contribution < 1.29 is 23.2 Å². The molecule has 0 fully saturated rings. The van der Waals surface area contributed by atoms with Gasteiger partial charge in [-0.25, -0.2) is 23.7 Å². The normalized spacial score (nSPS) is 13.3. The minimum absolute atomic E-state index is 0.0670. The van der Waals surface area contributed by atoms with Crippen LogP contribution < -0.4 is 5.32 Å². The van der Waals surface area contributed by atoms with Gasteiger partial charge < -0.3 is 19.9 Å². The average Bonchev–Trinajstić information content (AvgIpc) is 3.31. The van der Waals surface area contributed by atoms with Crippen molar-refractivity contribution in [3.63, 3.8) is 0 Å². The first-order valence-corrected chi connectivity index (χ1v) is 9.80. The molecule has 9 nitrogen and oxygen atoms in total. The molecular weight excluding hydrogens is 422 g/mol. The Bertz CT molecular complexity index is 1310. The monoisotopic (exact) mass is 442 g/mol. The molecule has 0 spiro atoms. The van der Waals surface area contributed by atoms with Crippen LogP contribution in [0.15, 0.2) is 23.0 Å². The number of hydrogen-bond acceptors (Lipinski definition) is 7. The molecule has 0 bridgehead atoms. The van der Waals surface area contributed by atoms with Crippen molar-refractivity contribution in [3.8, 4) is 22.6 Å². The second-order valence-electron chi connectivity index (χ2n) is 7.57. The molecule has 32 heavy (non-hydrogen) atoms. The zero-order valence-corrected chi connectivity index (χ0v) is 17.7. The number of aromatic nitrogens is 5. The number of carboxylic acids is 1. The minimum atomic E-state index is -1.04. The third-order valence-electron chi connectivity index (χ3n) is 5.36. The molecule has 11 heteroatoms. The number of aliphatic carboxylic acids is 1. The van der Waals surface area contributed by atoms with Gasteiger partial charge in [0.1, 0.15) is 22.9 Å². The lowest BCUT2D eigenvalue weighted by molar-refractivity contribution is -0.141. The van der Waals surface area contributed by atoms with E-state index in [1.807, 2.05) is 0 Å². The van der Waals surface area contributed by atoms with Crippen LogP contribution in [0, 0.1) is 31.4 Å². The van der Waals surface area contributed by atoms with Crippen LogP contribution in [0.4, 0.5) is 14.6 Å². The van der Waals surface area contributed by atoms with Crippen LogP contribution in [0.5, 0.6) is 0 Å². The number of pyridine rings is 1. The van der Waals surface area contributed by atoms with Crippen molar-refractivity contribution in [3.05, 3.63) is 41.5 Å². The zero-order chi connectivity index (χ0) is 23.2. The van der Waals surface area contributed by atoms with Gasteiger partial charge in [0.05, 0.1) is 23.4 Å². The summed E-state index contributed by atoms with van der Waals surface area (Å²) in [6.45, 7) is 6.40. The molecule has 0 unspecified atom stereocenters. The van der Waals surface area contributed by atoms with Gasteiger partial charge >= 0.3 is 5.97 Å². The summed E-state index contributed by atoms with van der Waals surface area (Å²) in [4.78, 5) is 27.0. The van der Waals surface area contributed by atoms with Crippen molar-refractivity contribution in [2.45, 2.75) is 33.7 Å². The Balaban J connectivity index is 1.93. The van der Waals surface area contributed by atoms with Gasteiger partial charge in [-0.1, -0.05) is 5.16 Å². The summed E-state index contributed by atoms with van der Waals surface area (Å²) >= 11 is 0. The van der Waals surface area contributed by atoms with Crippen LogP contribution in [-0.2, 0) is 4.79 Å². The van der Waals surface area contributed by atoms with Gasteiger partial charge in [-0.3, -0.25) is 4.79 Å². The topological polar surface area (TPSA) is 130 Å². The number of aromatic amines is 1. The lowest BCUT2D eigenvalue weighted by Gasteiger charge is -2.20. The van der Waals surface area contributed by atoms with Crippen LogP contribution in [0.1, 0.15) is 25.3 Å². The lowest BCUT2D eigenvalue weighted by atomic mass is 10.0. The maximum Gasteiger partial charge on any atom is 0.308 e. The molecule has 0 saturated heterocycles. The molecule has 0 aromatic carbocycles. The quantitative estimate of drug-likeness (QED) is 0.407. The van der Waals surface area contributed by atoms with E-state index in [1.165, 1.54) is 13.0 Å². The molecule has 4 rings (SSSR count). The second-order valence-corrected chi connectivity index (χ2v) is 7.57. The van der Waals surface area contributed by atoms with E-state index >= 15 is 4.39 Å². The van der Waals surface area contributed by atoms with Crippen LogP contribution in [-0.4, -0.2) is 42.2 Å². The van der Waals surface area contributed by atoms with E-state index < -0.39 is 29.6 Å². The molecule has 0 aliphatic carbocycles. The number of carbonyl (C=O) groups is 1. The first-order chi connectivity index (χ1) is 15.2. The highest BCUT2D eigenvalue weighted by atomic mass is 19.1. The van der Waals surface area contributed by atoms with Gasteiger partial charge in [-0.2, -0.15) is 0 Å². The van der Waals surface area contributed by atoms with E-state index in [2.05, 4.69) is 30.4 Å². The summed E-state index contributed by atoms with van der Waals surface area (Å²) in [5.74, 6) is -2.92. The van der Waals surface area contributed by atoms with Gasteiger partial charge in [0.15, 0.2) is 17.5 Å². The van der Waals surface area contributed by atoms with Gasteiger partial charge in [0.2, 0.25) is 0 Å². The van der Waals surface area contributed by atoms with Crippen molar-refractivity contribution in [2.75, 3.05) is 5.32 Å². The van der Waals surface area contributed by atoms with E-state index in [-0.39, 0.29) is 17.3 Å². The number of hydrogen-bond donors (Lipinski definition) is 3. The largest absolute Gasteiger partial charge is 0.481 e. The van der Waals surface area contributed by atoms with Crippen LogP contribution in [0.2, 0.25) is 0 Å². The maximum absolute atomic E-state index is 15.5. The maximum atomic E-state index is 15.5. The lowest BCUT2D eigenvalue weighted by Crippen LogP contribution is -2.30. The molecule has 0 radical (unpaired) electrons. The highest BCUT2D eigenvalue weighted by Gasteiger charge is 2.26. The molecule has 166 valence electrons. The van der Waals surface area contributed by atoms with Gasteiger partial charge in [-0.15, -0.1) is 0 Å². The van der Waals surface area contributed by atoms with E-state index in [0.29, 0.717) is 33.6 Å². The summed E-state index contributed by atoms with van der Waals surface area (Å²) in [5, 5.41) is 16.4. The zero-order valence-electron chi connectivity index (χ0n) is 17.7. The number of nitrogens with zero attached hydrogens (tertiary/aromatic N) is 4. The summed E-state index contributed by atoms with van der Waals surface area (Å²) in [7, 11) is 0. The molecule has 0 saturated carbocycles. The first-order valence-electron chi connectivity index (χ1n) is 9.80. The molecule has 0 aliphatic heterocycles. The molecule has 4 aromatic heterocycles. The van der Waals surface area contributed by atoms with E-state index in [4.69, 9.17) is 4.52 Å². The predicted octanol–water partition coefficient (Wildman–Crippen LogP) is 4.09. The van der Waals surface area contributed by atoms with E-state index in [1.54, 1.807) is 27.0 Å². The fourth-order valence-corrected chi connectivity index (χ4v) is 3.37. The van der Waals surface area contributed by atoms with E-state index in [0.717, 1.165) is 6.20 Å².